The number of hydrogen-bond donors (Lipinski definition) is 1. The number of rotatable bonds is 6. The fourth-order valence-corrected chi connectivity index (χ4v) is 3.38. The van der Waals surface area contributed by atoms with Crippen molar-refractivity contribution < 1.29 is 0 Å². The van der Waals surface area contributed by atoms with Crippen LogP contribution < -0.4 is 5.32 Å². The van der Waals surface area contributed by atoms with Crippen molar-refractivity contribution >= 4 is 11.3 Å². The Morgan fingerprint density at radius 3 is 2.70 bits per heavy atom. The highest BCUT2D eigenvalue weighted by molar-refractivity contribution is 7.11. The third-order valence-corrected chi connectivity index (χ3v) is 4.60. The first-order chi connectivity index (χ1) is 9.61. The fraction of sp³-hybridized carbons (Fsp3) is 0.500. The molecule has 0 spiro atoms. The van der Waals surface area contributed by atoms with E-state index in [1.807, 2.05) is 12.3 Å². The van der Waals surface area contributed by atoms with Gasteiger partial charge in [0.05, 0.1) is 10.7 Å². The van der Waals surface area contributed by atoms with E-state index in [2.05, 4.69) is 49.0 Å². The molecule has 2 aromatic heterocycles. The van der Waals surface area contributed by atoms with Crippen LogP contribution in [0, 0.1) is 20.8 Å². The molecule has 0 bridgehead atoms. The van der Waals surface area contributed by atoms with E-state index < -0.39 is 0 Å². The van der Waals surface area contributed by atoms with Crippen molar-refractivity contribution in [2.75, 3.05) is 6.54 Å². The Labute approximate surface area is 125 Å². The molecule has 0 aliphatic heterocycles. The molecular weight excluding hydrogens is 266 g/mol. The molecule has 4 heteroatoms. The quantitative estimate of drug-likeness (QED) is 0.880. The lowest BCUT2D eigenvalue weighted by atomic mass is 10.0. The zero-order valence-electron chi connectivity index (χ0n) is 12.7. The Morgan fingerprint density at radius 2 is 2.10 bits per heavy atom. The summed E-state index contributed by atoms with van der Waals surface area (Å²) in [7, 11) is 0. The summed E-state index contributed by atoms with van der Waals surface area (Å²) in [5.74, 6) is 0. The van der Waals surface area contributed by atoms with Gasteiger partial charge in [0.15, 0.2) is 0 Å². The topological polar surface area (TPSA) is 37.8 Å². The van der Waals surface area contributed by atoms with Crippen molar-refractivity contribution in [3.05, 3.63) is 45.2 Å². The van der Waals surface area contributed by atoms with E-state index in [9.17, 15) is 0 Å². The van der Waals surface area contributed by atoms with Crippen LogP contribution in [0.5, 0.6) is 0 Å². The summed E-state index contributed by atoms with van der Waals surface area (Å²) in [6, 6.07) is 4.44. The van der Waals surface area contributed by atoms with Crippen LogP contribution in [0.1, 0.15) is 46.2 Å². The fourth-order valence-electron chi connectivity index (χ4n) is 2.37. The van der Waals surface area contributed by atoms with Crippen LogP contribution in [-0.4, -0.2) is 16.5 Å². The second-order valence-corrected chi connectivity index (χ2v) is 6.40. The molecule has 2 heterocycles. The van der Waals surface area contributed by atoms with Gasteiger partial charge in [-0.25, -0.2) is 4.98 Å². The highest BCUT2D eigenvalue weighted by atomic mass is 32.1. The average molecular weight is 289 g/mol. The second-order valence-electron chi connectivity index (χ2n) is 5.16. The van der Waals surface area contributed by atoms with Crippen LogP contribution in [-0.2, 0) is 6.42 Å². The monoisotopic (exact) mass is 289 g/mol. The Balaban J connectivity index is 2.24. The molecule has 2 aromatic rings. The zero-order valence-corrected chi connectivity index (χ0v) is 13.5. The third-order valence-electron chi connectivity index (χ3n) is 3.41. The summed E-state index contributed by atoms with van der Waals surface area (Å²) in [6.45, 7) is 9.52. The van der Waals surface area contributed by atoms with Gasteiger partial charge in [0.2, 0.25) is 0 Å². The maximum Gasteiger partial charge on any atom is 0.0900 e. The van der Waals surface area contributed by atoms with Gasteiger partial charge in [-0.3, -0.25) is 4.98 Å². The number of aromatic nitrogens is 2. The minimum Gasteiger partial charge on any atom is -0.309 e. The van der Waals surface area contributed by atoms with E-state index in [-0.39, 0.29) is 0 Å². The van der Waals surface area contributed by atoms with Gasteiger partial charge in [0.25, 0.3) is 0 Å². The molecule has 1 N–H and O–H groups in total. The molecule has 3 nitrogen and oxygen atoms in total. The smallest absolute Gasteiger partial charge is 0.0900 e. The van der Waals surface area contributed by atoms with E-state index >= 15 is 0 Å². The molecule has 2 rings (SSSR count). The molecule has 0 radical (unpaired) electrons. The number of aryl methyl sites for hydroxylation is 3. The zero-order chi connectivity index (χ0) is 14.5. The second kappa shape index (κ2) is 6.95. The first-order valence-electron chi connectivity index (χ1n) is 7.19. The number of nitrogens with one attached hydrogen (secondary N) is 1. The van der Waals surface area contributed by atoms with E-state index in [0.717, 1.165) is 30.1 Å². The summed E-state index contributed by atoms with van der Waals surface area (Å²) in [5.41, 5.74) is 3.58. The molecular formula is C16H23N3S. The van der Waals surface area contributed by atoms with Gasteiger partial charge in [-0.05, 0) is 45.4 Å². The van der Waals surface area contributed by atoms with Gasteiger partial charge in [-0.2, -0.15) is 0 Å². The van der Waals surface area contributed by atoms with Gasteiger partial charge in [-0.1, -0.05) is 13.0 Å². The molecule has 108 valence electrons. The van der Waals surface area contributed by atoms with Crippen LogP contribution in [0.4, 0.5) is 0 Å². The molecule has 0 aromatic carbocycles. The van der Waals surface area contributed by atoms with Gasteiger partial charge < -0.3 is 5.32 Å². The lowest BCUT2D eigenvalue weighted by Crippen LogP contribution is -2.24. The minimum absolute atomic E-state index is 0.315. The van der Waals surface area contributed by atoms with Gasteiger partial charge in [0.1, 0.15) is 0 Å². The van der Waals surface area contributed by atoms with E-state index in [0.29, 0.717) is 6.04 Å². The Morgan fingerprint density at radius 1 is 1.30 bits per heavy atom. The minimum atomic E-state index is 0.315. The van der Waals surface area contributed by atoms with Crippen molar-refractivity contribution in [2.45, 2.75) is 46.6 Å². The number of nitrogens with zero attached hydrogens (tertiary/aromatic N) is 2. The summed E-state index contributed by atoms with van der Waals surface area (Å²) >= 11 is 1.80. The molecule has 0 saturated carbocycles. The van der Waals surface area contributed by atoms with Crippen LogP contribution >= 0.6 is 11.3 Å². The molecule has 1 atom stereocenters. The average Bonchev–Trinajstić information content (AvgIpc) is 2.75. The number of pyridine rings is 1. The molecule has 0 amide bonds. The van der Waals surface area contributed by atoms with Crippen LogP contribution in [0.15, 0.2) is 18.3 Å². The Kier molecular flexibility index (Phi) is 5.26. The van der Waals surface area contributed by atoms with Crippen molar-refractivity contribution in [3.8, 4) is 0 Å². The number of thiazole rings is 1. The van der Waals surface area contributed by atoms with Crippen molar-refractivity contribution in [1.29, 1.82) is 0 Å². The summed E-state index contributed by atoms with van der Waals surface area (Å²) < 4.78 is 0. The summed E-state index contributed by atoms with van der Waals surface area (Å²) in [4.78, 5) is 10.4. The Bertz CT molecular complexity index is 563. The maximum atomic E-state index is 4.56. The van der Waals surface area contributed by atoms with Crippen molar-refractivity contribution in [3.63, 3.8) is 0 Å². The highest BCUT2D eigenvalue weighted by Gasteiger charge is 2.18. The lowest BCUT2D eigenvalue weighted by molar-refractivity contribution is 0.527. The van der Waals surface area contributed by atoms with Crippen LogP contribution in [0.3, 0.4) is 0 Å². The van der Waals surface area contributed by atoms with E-state index in [1.54, 1.807) is 11.3 Å². The van der Waals surface area contributed by atoms with Gasteiger partial charge >= 0.3 is 0 Å². The molecule has 0 aliphatic carbocycles. The molecule has 20 heavy (non-hydrogen) atoms. The van der Waals surface area contributed by atoms with E-state index in [4.69, 9.17) is 0 Å². The summed E-state index contributed by atoms with van der Waals surface area (Å²) in [6.07, 6.45) is 3.94. The van der Waals surface area contributed by atoms with Crippen molar-refractivity contribution in [1.82, 2.24) is 15.3 Å². The highest BCUT2D eigenvalue weighted by Crippen LogP contribution is 2.27. The SMILES string of the molecule is CCCNC(Cc1ncccc1C)c1sc(C)nc1C. The first kappa shape index (κ1) is 15.1. The third kappa shape index (κ3) is 3.64. The number of hydrogen-bond acceptors (Lipinski definition) is 4. The van der Waals surface area contributed by atoms with E-state index in [1.165, 1.54) is 16.1 Å². The van der Waals surface area contributed by atoms with Crippen molar-refractivity contribution in [2.24, 2.45) is 0 Å². The normalized spacial score (nSPS) is 12.6. The van der Waals surface area contributed by atoms with Crippen LogP contribution in [0.25, 0.3) is 0 Å². The van der Waals surface area contributed by atoms with Crippen LogP contribution in [0.2, 0.25) is 0 Å². The molecule has 0 fully saturated rings. The van der Waals surface area contributed by atoms with Gasteiger partial charge in [-0.15, -0.1) is 11.3 Å². The molecule has 0 saturated heterocycles. The largest absolute Gasteiger partial charge is 0.309 e. The standard InChI is InChI=1S/C16H23N3S/c1-5-8-17-15(16-12(3)19-13(4)20-16)10-14-11(2)7-6-9-18-14/h6-7,9,15,17H,5,8,10H2,1-4H3. The summed E-state index contributed by atoms with van der Waals surface area (Å²) in [5, 5.41) is 4.78. The first-order valence-corrected chi connectivity index (χ1v) is 8.01. The molecule has 1 unspecified atom stereocenters. The lowest BCUT2D eigenvalue weighted by Gasteiger charge is -2.18. The van der Waals surface area contributed by atoms with Gasteiger partial charge in [0, 0.05) is 29.2 Å². The Hall–Kier alpha value is -1.26. The predicted molar refractivity (Wildman–Crippen MR) is 85.3 cm³/mol. The molecule has 0 aliphatic rings. The maximum absolute atomic E-state index is 4.56. The predicted octanol–water partition coefficient (Wildman–Crippen LogP) is 3.75.